The number of para-hydroxylation sites is 2. The van der Waals surface area contributed by atoms with Crippen LogP contribution in [0.5, 0.6) is 5.75 Å². The number of anilines is 1. The van der Waals surface area contributed by atoms with Gasteiger partial charge in [0.2, 0.25) is 0 Å². The normalized spacial score (nSPS) is 11.8. The van der Waals surface area contributed by atoms with Gasteiger partial charge in [-0.1, -0.05) is 38.1 Å². The van der Waals surface area contributed by atoms with Crippen LogP contribution in [0.3, 0.4) is 0 Å². The lowest BCUT2D eigenvalue weighted by molar-refractivity contribution is 0.181. The van der Waals surface area contributed by atoms with Crippen LogP contribution in [-0.2, 0) is 0 Å². The maximum absolute atomic E-state index is 13.8. The van der Waals surface area contributed by atoms with Crippen molar-refractivity contribution in [3.8, 4) is 11.4 Å². The third-order valence-corrected chi connectivity index (χ3v) is 6.80. The Hall–Kier alpha value is -3.65. The van der Waals surface area contributed by atoms with Crippen LogP contribution >= 0.6 is 15.9 Å². The molecular formula is C29H31BrN4O3. The van der Waals surface area contributed by atoms with E-state index in [4.69, 9.17) is 9.72 Å². The van der Waals surface area contributed by atoms with Gasteiger partial charge in [0.1, 0.15) is 11.6 Å². The number of nitrogens with one attached hydrogen (secondary N) is 1. The second kappa shape index (κ2) is 12.1. The number of aromatic nitrogens is 2. The van der Waals surface area contributed by atoms with Crippen LogP contribution in [0.25, 0.3) is 16.6 Å². The second-order valence-electron chi connectivity index (χ2n) is 8.58. The number of fused-ring (bicyclic) bond motifs is 1. The Balaban J connectivity index is 1.85. The summed E-state index contributed by atoms with van der Waals surface area (Å²) in [5, 5.41) is 3.54. The zero-order valence-electron chi connectivity index (χ0n) is 21.3. The number of nitrogens with zero attached hydrogens (tertiary/aromatic N) is 3. The number of hydrogen-bond acceptors (Lipinski definition) is 4. The Labute approximate surface area is 225 Å². The first-order chi connectivity index (χ1) is 18.0. The molecule has 2 amide bonds. The smallest absolute Gasteiger partial charge is 0.322 e. The lowest BCUT2D eigenvalue weighted by Crippen LogP contribution is -2.41. The second-order valence-corrected chi connectivity index (χ2v) is 9.44. The molecule has 1 atom stereocenters. The van der Waals surface area contributed by atoms with Crippen molar-refractivity contribution in [3.05, 3.63) is 93.4 Å². The molecule has 192 valence electrons. The summed E-state index contributed by atoms with van der Waals surface area (Å²) in [6.45, 7) is 7.01. The van der Waals surface area contributed by atoms with Crippen LogP contribution in [0.15, 0.2) is 82.1 Å². The number of rotatable bonds is 9. The van der Waals surface area contributed by atoms with E-state index in [1.165, 1.54) is 0 Å². The quantitative estimate of drug-likeness (QED) is 0.239. The molecule has 1 N–H and O–H groups in total. The van der Waals surface area contributed by atoms with Gasteiger partial charge in [0.05, 0.1) is 34.9 Å². The highest BCUT2D eigenvalue weighted by atomic mass is 79.9. The summed E-state index contributed by atoms with van der Waals surface area (Å²) in [6.07, 6.45) is 1.33. The average Bonchev–Trinajstić information content (AvgIpc) is 2.91. The molecule has 0 aliphatic heterocycles. The molecule has 4 rings (SSSR count). The summed E-state index contributed by atoms with van der Waals surface area (Å²) in [7, 11) is 0. The van der Waals surface area contributed by atoms with E-state index in [-0.39, 0.29) is 11.6 Å². The minimum absolute atomic E-state index is 0.175. The van der Waals surface area contributed by atoms with E-state index >= 15 is 0 Å². The van der Waals surface area contributed by atoms with E-state index in [1.54, 1.807) is 15.5 Å². The molecule has 0 radical (unpaired) electrons. The van der Waals surface area contributed by atoms with Gasteiger partial charge in [0.15, 0.2) is 0 Å². The Morgan fingerprint density at radius 2 is 1.73 bits per heavy atom. The minimum Gasteiger partial charge on any atom is -0.494 e. The lowest BCUT2D eigenvalue weighted by atomic mass is 10.1. The number of benzene rings is 3. The maximum atomic E-state index is 13.8. The molecule has 0 spiro atoms. The zero-order chi connectivity index (χ0) is 26.4. The van der Waals surface area contributed by atoms with E-state index < -0.39 is 6.04 Å². The van der Waals surface area contributed by atoms with Gasteiger partial charge in [-0.15, -0.1) is 0 Å². The highest BCUT2D eigenvalue weighted by Gasteiger charge is 2.29. The van der Waals surface area contributed by atoms with Gasteiger partial charge in [-0.25, -0.2) is 9.78 Å². The molecule has 0 saturated carbocycles. The molecule has 0 fully saturated rings. The van der Waals surface area contributed by atoms with Gasteiger partial charge in [-0.05, 0) is 84.2 Å². The van der Waals surface area contributed by atoms with Gasteiger partial charge < -0.3 is 15.0 Å². The maximum Gasteiger partial charge on any atom is 0.322 e. The molecule has 3 aromatic carbocycles. The van der Waals surface area contributed by atoms with Gasteiger partial charge >= 0.3 is 6.03 Å². The summed E-state index contributed by atoms with van der Waals surface area (Å²) >= 11 is 3.51. The number of amides is 2. The molecule has 0 aliphatic rings. The number of carbonyl (C=O) groups excluding carboxylic acids is 1. The van der Waals surface area contributed by atoms with Gasteiger partial charge in [-0.2, -0.15) is 0 Å². The Morgan fingerprint density at radius 3 is 2.41 bits per heavy atom. The predicted molar refractivity (Wildman–Crippen MR) is 152 cm³/mol. The van der Waals surface area contributed by atoms with Crippen LogP contribution in [0, 0.1) is 0 Å². The molecule has 0 aliphatic carbocycles. The summed E-state index contributed by atoms with van der Waals surface area (Å²) in [5.41, 5.74) is 1.78. The Kier molecular flexibility index (Phi) is 8.61. The standard InChI is InChI=1S/C29H31BrN4O3/c1-4-19-33(29(36)32-25-14-10-8-12-23(25)30)26(5-2)27-31-24-13-9-7-11-22(24)28(35)34(27)20-15-17-21(18-16-20)37-6-3/h7-18,26H,4-6,19H2,1-3H3,(H,32,36). The summed E-state index contributed by atoms with van der Waals surface area (Å²) in [4.78, 5) is 34.2. The molecule has 0 saturated heterocycles. The van der Waals surface area contributed by atoms with E-state index in [1.807, 2.05) is 87.5 Å². The van der Waals surface area contributed by atoms with Crippen LogP contribution in [0.2, 0.25) is 0 Å². The molecule has 7 nitrogen and oxygen atoms in total. The largest absolute Gasteiger partial charge is 0.494 e. The minimum atomic E-state index is -0.439. The SMILES string of the molecule is CCCN(C(=O)Nc1ccccc1Br)C(CC)c1nc2ccccc2c(=O)n1-c1ccc(OCC)cc1. The fraction of sp³-hybridized carbons (Fsp3) is 0.276. The van der Waals surface area contributed by atoms with Crippen molar-refractivity contribution in [2.45, 2.75) is 39.7 Å². The zero-order valence-corrected chi connectivity index (χ0v) is 22.9. The van der Waals surface area contributed by atoms with E-state index in [9.17, 15) is 9.59 Å². The lowest BCUT2D eigenvalue weighted by Gasteiger charge is -2.32. The van der Waals surface area contributed by atoms with Crippen molar-refractivity contribution in [1.29, 1.82) is 0 Å². The number of carbonyl (C=O) groups is 1. The molecule has 0 bridgehead atoms. The topological polar surface area (TPSA) is 76.5 Å². The molecular weight excluding hydrogens is 532 g/mol. The average molecular weight is 563 g/mol. The van der Waals surface area contributed by atoms with Crippen LogP contribution in [0.1, 0.15) is 45.5 Å². The first kappa shape index (κ1) is 26.4. The third kappa shape index (κ3) is 5.69. The van der Waals surface area contributed by atoms with Crippen molar-refractivity contribution < 1.29 is 9.53 Å². The first-order valence-corrected chi connectivity index (χ1v) is 13.3. The third-order valence-electron chi connectivity index (χ3n) is 6.11. The highest BCUT2D eigenvalue weighted by Crippen LogP contribution is 2.29. The van der Waals surface area contributed by atoms with Crippen molar-refractivity contribution in [2.75, 3.05) is 18.5 Å². The van der Waals surface area contributed by atoms with Crippen molar-refractivity contribution in [3.63, 3.8) is 0 Å². The van der Waals surface area contributed by atoms with Crippen LogP contribution < -0.4 is 15.6 Å². The van der Waals surface area contributed by atoms with E-state index in [0.717, 1.165) is 16.6 Å². The molecule has 1 unspecified atom stereocenters. The predicted octanol–water partition coefficient (Wildman–Crippen LogP) is 6.94. The fourth-order valence-corrected chi connectivity index (χ4v) is 4.80. The summed E-state index contributed by atoms with van der Waals surface area (Å²) < 4.78 is 8.02. The van der Waals surface area contributed by atoms with Gasteiger partial charge in [-0.3, -0.25) is 9.36 Å². The molecule has 37 heavy (non-hydrogen) atoms. The van der Waals surface area contributed by atoms with Crippen molar-refractivity contribution in [2.24, 2.45) is 0 Å². The highest BCUT2D eigenvalue weighted by molar-refractivity contribution is 9.10. The van der Waals surface area contributed by atoms with Gasteiger partial charge in [0.25, 0.3) is 5.56 Å². The molecule has 4 aromatic rings. The molecule has 1 heterocycles. The Bertz CT molecular complexity index is 1440. The number of halogens is 1. The number of urea groups is 1. The Morgan fingerprint density at radius 1 is 1.03 bits per heavy atom. The van der Waals surface area contributed by atoms with Gasteiger partial charge in [0, 0.05) is 11.0 Å². The number of ether oxygens (including phenoxy) is 1. The van der Waals surface area contributed by atoms with Crippen LogP contribution in [-0.4, -0.2) is 33.6 Å². The van der Waals surface area contributed by atoms with Crippen molar-refractivity contribution >= 4 is 38.6 Å². The first-order valence-electron chi connectivity index (χ1n) is 12.6. The van der Waals surface area contributed by atoms with E-state index in [0.29, 0.717) is 47.7 Å². The van der Waals surface area contributed by atoms with Crippen LogP contribution in [0.4, 0.5) is 10.5 Å². The number of hydrogen-bond donors (Lipinski definition) is 1. The van der Waals surface area contributed by atoms with Crippen molar-refractivity contribution in [1.82, 2.24) is 14.5 Å². The summed E-state index contributed by atoms with van der Waals surface area (Å²) in [6, 6.07) is 21.5. The van der Waals surface area contributed by atoms with E-state index in [2.05, 4.69) is 21.2 Å². The molecule has 1 aromatic heterocycles. The molecule has 8 heteroatoms. The summed E-state index contributed by atoms with van der Waals surface area (Å²) in [5.74, 6) is 1.24. The fourth-order valence-electron chi connectivity index (χ4n) is 4.41. The monoisotopic (exact) mass is 562 g/mol.